The maximum absolute atomic E-state index is 12.2. The molecule has 0 aromatic heterocycles. The predicted octanol–water partition coefficient (Wildman–Crippen LogP) is -0.157. The molecule has 0 saturated heterocycles. The lowest BCUT2D eigenvalue weighted by Crippen LogP contribution is -2.31. The minimum atomic E-state index is -1.58. The number of nitrogens with one attached hydrogen (secondary N) is 1. The molecule has 1 rings (SSSR count). The Bertz CT molecular complexity index is 508. The molecule has 1 aromatic rings. The first-order valence-electron chi connectivity index (χ1n) is 6.91. The Morgan fingerprint density at radius 2 is 2.05 bits per heavy atom. The Morgan fingerprint density at radius 3 is 2.57 bits per heavy atom. The van der Waals surface area contributed by atoms with Crippen LogP contribution in [0.25, 0.3) is 0 Å². The van der Waals surface area contributed by atoms with Crippen LogP contribution in [0, 0.1) is 11.8 Å². The Labute approximate surface area is 124 Å². The van der Waals surface area contributed by atoms with Crippen LogP contribution in [0.1, 0.15) is 26.7 Å². The van der Waals surface area contributed by atoms with Gasteiger partial charge in [-0.2, -0.15) is 0 Å². The average Bonchev–Trinajstić information content (AvgIpc) is 2.44. The number of hydrogen-bond acceptors (Lipinski definition) is 4. The molecule has 5 N–H and O–H groups in total. The minimum Gasteiger partial charge on any atom is -0.423 e. The van der Waals surface area contributed by atoms with Gasteiger partial charge in [-0.05, 0) is 30.4 Å². The summed E-state index contributed by atoms with van der Waals surface area (Å²) in [6.07, 6.45) is 0.978. The minimum absolute atomic E-state index is 0.213. The van der Waals surface area contributed by atoms with E-state index in [0.717, 1.165) is 0 Å². The largest absolute Gasteiger partial charge is 0.488 e. The van der Waals surface area contributed by atoms with Crippen molar-refractivity contribution >= 4 is 30.1 Å². The Balaban J connectivity index is 2.74. The number of rotatable bonds is 7. The van der Waals surface area contributed by atoms with Gasteiger partial charge < -0.3 is 21.1 Å². The van der Waals surface area contributed by atoms with Gasteiger partial charge in [-0.15, -0.1) is 0 Å². The second-order valence-electron chi connectivity index (χ2n) is 5.13. The molecule has 114 valence electrons. The molecular formula is C14H21BN2O4. The zero-order valence-corrected chi connectivity index (χ0v) is 12.2. The smallest absolute Gasteiger partial charge is 0.423 e. The summed E-state index contributed by atoms with van der Waals surface area (Å²) >= 11 is 0. The van der Waals surface area contributed by atoms with E-state index in [0.29, 0.717) is 24.0 Å². The van der Waals surface area contributed by atoms with Gasteiger partial charge in [-0.3, -0.25) is 9.59 Å². The molecule has 7 heteroatoms. The van der Waals surface area contributed by atoms with Crippen LogP contribution in [0.4, 0.5) is 5.69 Å². The zero-order valence-electron chi connectivity index (χ0n) is 12.2. The van der Waals surface area contributed by atoms with E-state index >= 15 is 0 Å². The van der Waals surface area contributed by atoms with Gasteiger partial charge in [0.2, 0.25) is 11.8 Å². The van der Waals surface area contributed by atoms with Gasteiger partial charge >= 0.3 is 7.12 Å². The van der Waals surface area contributed by atoms with E-state index in [1.54, 1.807) is 25.1 Å². The van der Waals surface area contributed by atoms with Crippen LogP contribution in [0.3, 0.4) is 0 Å². The lowest BCUT2D eigenvalue weighted by molar-refractivity contribution is -0.123. The molecule has 6 nitrogen and oxygen atoms in total. The summed E-state index contributed by atoms with van der Waals surface area (Å²) in [5, 5.41) is 20.9. The van der Waals surface area contributed by atoms with Crippen molar-refractivity contribution in [3.8, 4) is 0 Å². The molecule has 2 unspecified atom stereocenters. The van der Waals surface area contributed by atoms with Crippen LogP contribution in [-0.2, 0) is 9.59 Å². The summed E-state index contributed by atoms with van der Waals surface area (Å²) in [7, 11) is -1.58. The topological polar surface area (TPSA) is 113 Å². The van der Waals surface area contributed by atoms with Crippen molar-refractivity contribution in [2.75, 3.05) is 5.32 Å². The number of hydrogen-bond donors (Lipinski definition) is 4. The molecule has 0 aliphatic carbocycles. The second-order valence-corrected chi connectivity index (χ2v) is 5.13. The first-order chi connectivity index (χ1) is 9.85. The molecule has 2 amide bonds. The van der Waals surface area contributed by atoms with Gasteiger partial charge in [0.25, 0.3) is 0 Å². The SMILES string of the molecule is CCC(CC(C)C(N)=O)C(=O)Nc1cccc(B(O)O)c1. The van der Waals surface area contributed by atoms with Gasteiger partial charge in [-0.25, -0.2) is 0 Å². The normalized spacial score (nSPS) is 13.3. The molecule has 0 saturated carbocycles. The van der Waals surface area contributed by atoms with Gasteiger partial charge in [0.15, 0.2) is 0 Å². The Hall–Kier alpha value is -1.86. The summed E-state index contributed by atoms with van der Waals surface area (Å²) in [4.78, 5) is 23.3. The third-order valence-corrected chi connectivity index (χ3v) is 3.44. The van der Waals surface area contributed by atoms with E-state index in [1.165, 1.54) is 6.07 Å². The van der Waals surface area contributed by atoms with Crippen LogP contribution in [-0.4, -0.2) is 29.0 Å². The molecule has 21 heavy (non-hydrogen) atoms. The molecule has 0 heterocycles. The summed E-state index contributed by atoms with van der Waals surface area (Å²) in [6, 6.07) is 6.32. The van der Waals surface area contributed by atoms with E-state index in [9.17, 15) is 9.59 Å². The van der Waals surface area contributed by atoms with Crippen molar-refractivity contribution in [3.05, 3.63) is 24.3 Å². The van der Waals surface area contributed by atoms with Crippen LogP contribution in [0.2, 0.25) is 0 Å². The van der Waals surface area contributed by atoms with E-state index in [1.807, 2.05) is 6.92 Å². The van der Waals surface area contributed by atoms with E-state index in [-0.39, 0.29) is 17.7 Å². The standard InChI is InChI=1S/C14H21BN2O4/c1-3-10(7-9(2)13(16)18)14(19)17-12-6-4-5-11(8-12)15(20)21/h4-6,8-10,20-21H,3,7H2,1-2H3,(H2,16,18)(H,17,19). The maximum atomic E-state index is 12.2. The molecule has 1 aromatic carbocycles. The van der Waals surface area contributed by atoms with Gasteiger partial charge in [0, 0.05) is 17.5 Å². The third-order valence-electron chi connectivity index (χ3n) is 3.44. The highest BCUT2D eigenvalue weighted by molar-refractivity contribution is 6.58. The van der Waals surface area contributed by atoms with Crippen molar-refractivity contribution < 1.29 is 19.6 Å². The monoisotopic (exact) mass is 292 g/mol. The first kappa shape index (κ1) is 17.2. The molecule has 0 aliphatic rings. The molecule has 0 fully saturated rings. The van der Waals surface area contributed by atoms with Gasteiger partial charge in [0.1, 0.15) is 0 Å². The fourth-order valence-corrected chi connectivity index (χ4v) is 2.02. The highest BCUT2D eigenvalue weighted by Crippen LogP contribution is 2.18. The average molecular weight is 292 g/mol. The highest BCUT2D eigenvalue weighted by Gasteiger charge is 2.22. The van der Waals surface area contributed by atoms with Crippen LogP contribution >= 0.6 is 0 Å². The molecule has 0 radical (unpaired) electrons. The molecular weight excluding hydrogens is 271 g/mol. The maximum Gasteiger partial charge on any atom is 0.488 e. The Morgan fingerprint density at radius 1 is 1.38 bits per heavy atom. The van der Waals surface area contributed by atoms with Crippen molar-refractivity contribution in [3.63, 3.8) is 0 Å². The quantitative estimate of drug-likeness (QED) is 0.523. The van der Waals surface area contributed by atoms with Crippen molar-refractivity contribution in [1.29, 1.82) is 0 Å². The molecule has 0 spiro atoms. The van der Waals surface area contributed by atoms with Crippen LogP contribution in [0.15, 0.2) is 24.3 Å². The highest BCUT2D eigenvalue weighted by atomic mass is 16.4. The number of amides is 2. The van der Waals surface area contributed by atoms with Crippen LogP contribution < -0.4 is 16.5 Å². The number of benzene rings is 1. The second kappa shape index (κ2) is 7.80. The van der Waals surface area contributed by atoms with Gasteiger partial charge in [-0.1, -0.05) is 26.0 Å². The fourth-order valence-electron chi connectivity index (χ4n) is 2.02. The Kier molecular flexibility index (Phi) is 6.39. The van der Waals surface area contributed by atoms with Crippen LogP contribution in [0.5, 0.6) is 0 Å². The van der Waals surface area contributed by atoms with Crippen molar-refractivity contribution in [2.24, 2.45) is 17.6 Å². The summed E-state index contributed by atoms with van der Waals surface area (Å²) in [6.45, 7) is 3.56. The number of carbonyl (C=O) groups excluding carboxylic acids is 2. The number of nitrogens with two attached hydrogens (primary N) is 1. The van der Waals surface area contributed by atoms with E-state index in [4.69, 9.17) is 15.8 Å². The van der Waals surface area contributed by atoms with Crippen molar-refractivity contribution in [1.82, 2.24) is 0 Å². The van der Waals surface area contributed by atoms with Gasteiger partial charge in [0.05, 0.1) is 0 Å². The summed E-state index contributed by atoms with van der Waals surface area (Å²) < 4.78 is 0. The lowest BCUT2D eigenvalue weighted by Gasteiger charge is -2.17. The predicted molar refractivity (Wildman–Crippen MR) is 81.7 cm³/mol. The molecule has 0 bridgehead atoms. The number of primary amides is 1. The number of anilines is 1. The third kappa shape index (κ3) is 5.20. The van der Waals surface area contributed by atoms with E-state index in [2.05, 4.69) is 5.32 Å². The number of carbonyl (C=O) groups is 2. The fraction of sp³-hybridized carbons (Fsp3) is 0.429. The summed E-state index contributed by atoms with van der Waals surface area (Å²) in [5.74, 6) is -1.33. The first-order valence-corrected chi connectivity index (χ1v) is 6.91. The lowest BCUT2D eigenvalue weighted by atomic mass is 9.80. The van der Waals surface area contributed by atoms with Crippen molar-refractivity contribution in [2.45, 2.75) is 26.7 Å². The summed E-state index contributed by atoms with van der Waals surface area (Å²) in [5.41, 5.74) is 6.00. The molecule has 2 atom stereocenters. The van der Waals surface area contributed by atoms with E-state index < -0.39 is 13.0 Å². The molecule has 0 aliphatic heterocycles. The zero-order chi connectivity index (χ0) is 16.0.